The third-order valence-corrected chi connectivity index (χ3v) is 6.20. The molecule has 1 nitrogen and oxygen atoms in total. The zero-order valence-electron chi connectivity index (χ0n) is 13.9. The second-order valence-electron chi connectivity index (χ2n) is 6.47. The Morgan fingerprint density at radius 1 is 1.00 bits per heavy atom. The molecule has 0 saturated carbocycles. The summed E-state index contributed by atoms with van der Waals surface area (Å²) >= 11 is 0.422. The first-order valence-corrected chi connectivity index (χ1v) is 11.4. The first-order valence-electron chi connectivity index (χ1n) is 6.55. The summed E-state index contributed by atoms with van der Waals surface area (Å²) in [5, 5.41) is 3.88. The zero-order chi connectivity index (χ0) is 16.0. The summed E-state index contributed by atoms with van der Waals surface area (Å²) < 4.78 is 5.53. The van der Waals surface area contributed by atoms with Crippen molar-refractivity contribution in [3.05, 3.63) is 24.3 Å². The molecule has 0 fully saturated rings. The molecule has 0 bridgehead atoms. The fourth-order valence-electron chi connectivity index (χ4n) is 2.54. The normalized spacial score (nSPS) is 12.1. The van der Waals surface area contributed by atoms with Crippen LogP contribution in [0.2, 0.25) is 5.40 Å². The van der Waals surface area contributed by atoms with E-state index in [1.54, 1.807) is 7.11 Å². The summed E-state index contributed by atoms with van der Waals surface area (Å²) in [6, 6.07) is 8.45. The standard InChI is InChI=1S/C15H25OP.CH3.ClH.Pd/c1-14(2,3)17(15(4,5)6)13-11-9-8-10-12(13)16-7;;;/h8-11H,1-7H3;1H3;1H;/q;;;+1/p-1. The number of hydrogen-bond donors (Lipinski definition) is 0. The Labute approximate surface area is 138 Å². The van der Waals surface area contributed by atoms with Crippen molar-refractivity contribution >= 4 is 22.8 Å². The van der Waals surface area contributed by atoms with E-state index in [-0.39, 0.29) is 18.2 Å². The Kier molecular flexibility index (Phi) is 8.93. The van der Waals surface area contributed by atoms with Gasteiger partial charge >= 0.3 is 31.9 Å². The van der Waals surface area contributed by atoms with Crippen molar-refractivity contribution in [1.29, 1.82) is 0 Å². The maximum absolute atomic E-state index is 5.53. The van der Waals surface area contributed by atoms with E-state index >= 15 is 0 Å². The number of para-hydroxylation sites is 1. The predicted molar refractivity (Wildman–Crippen MR) is 90.8 cm³/mol. The van der Waals surface area contributed by atoms with Crippen LogP contribution in [-0.4, -0.2) is 17.4 Å². The Balaban J connectivity index is 0.00000110. The number of rotatable bonds is 2. The van der Waals surface area contributed by atoms with Gasteiger partial charge in [-0.25, -0.2) is 0 Å². The third kappa shape index (κ3) is 6.45. The molecule has 0 aliphatic carbocycles. The van der Waals surface area contributed by atoms with Gasteiger partial charge in [0.05, 0.1) is 7.11 Å². The number of hydrogen-bond acceptors (Lipinski definition) is 1. The van der Waals surface area contributed by atoms with E-state index < -0.39 is 0 Å². The molecule has 0 N–H and O–H groups in total. The predicted octanol–water partition coefficient (Wildman–Crippen LogP) is 5.67. The molecule has 1 aromatic rings. The van der Waals surface area contributed by atoms with E-state index in [1.807, 2.05) is 11.5 Å². The molecule has 0 amide bonds. The van der Waals surface area contributed by atoms with Gasteiger partial charge in [0.25, 0.3) is 0 Å². The van der Waals surface area contributed by atoms with Crippen LogP contribution in [0.1, 0.15) is 41.5 Å². The number of benzene rings is 1. The number of halogens is 1. The summed E-state index contributed by atoms with van der Waals surface area (Å²) in [6.07, 6.45) is 0. The Bertz CT molecular complexity index is 382. The van der Waals surface area contributed by atoms with Gasteiger partial charge < -0.3 is 4.74 Å². The van der Waals surface area contributed by atoms with Crippen LogP contribution in [0.25, 0.3) is 0 Å². The van der Waals surface area contributed by atoms with Crippen LogP contribution in [0.15, 0.2) is 24.3 Å². The minimum absolute atomic E-state index is 0.280. The Morgan fingerprint density at radius 2 is 1.40 bits per heavy atom. The molecule has 1 rings (SSSR count). The molecule has 0 unspecified atom stereocenters. The van der Waals surface area contributed by atoms with Gasteiger partial charge in [-0.05, 0) is 16.4 Å². The van der Waals surface area contributed by atoms with Crippen molar-refractivity contribution in [2.45, 2.75) is 57.3 Å². The summed E-state index contributed by atoms with van der Waals surface area (Å²) in [5.74, 6) is 1.03. The fourth-order valence-corrected chi connectivity index (χ4v) is 6.62. The molecule has 1 aromatic carbocycles. The van der Waals surface area contributed by atoms with Gasteiger partial charge in [0.15, 0.2) is 0 Å². The quantitative estimate of drug-likeness (QED) is 0.452. The SMILES string of the molecule is COc1ccccc1P(C(C)(C)C)C(C)(C)C.[CH3][Pd][Cl]. The van der Waals surface area contributed by atoms with E-state index in [2.05, 4.69) is 59.7 Å². The summed E-state index contributed by atoms with van der Waals surface area (Å²) in [4.78, 5) is 0. The van der Waals surface area contributed by atoms with E-state index in [1.165, 1.54) is 5.30 Å². The van der Waals surface area contributed by atoms with Crippen molar-refractivity contribution in [2.24, 2.45) is 0 Å². The van der Waals surface area contributed by atoms with Crippen LogP contribution in [0, 0.1) is 0 Å². The molecule has 0 aliphatic rings. The van der Waals surface area contributed by atoms with E-state index in [0.717, 1.165) is 5.75 Å². The zero-order valence-corrected chi connectivity index (χ0v) is 17.1. The molecule has 120 valence electrons. The van der Waals surface area contributed by atoms with Crippen molar-refractivity contribution in [1.82, 2.24) is 0 Å². The second-order valence-corrected chi connectivity index (χ2v) is 12.3. The number of methoxy groups -OCH3 is 1. The molecule has 0 aromatic heterocycles. The average molecular weight is 409 g/mol. The van der Waals surface area contributed by atoms with Gasteiger partial charge in [-0.15, -0.1) is 0 Å². The van der Waals surface area contributed by atoms with E-state index in [9.17, 15) is 0 Å². The van der Waals surface area contributed by atoms with Crippen LogP contribution in [-0.2, 0) is 17.0 Å². The molecule has 0 atom stereocenters. The van der Waals surface area contributed by atoms with Crippen molar-refractivity contribution in [3.8, 4) is 5.75 Å². The molecule has 0 saturated heterocycles. The van der Waals surface area contributed by atoms with Crippen molar-refractivity contribution < 1.29 is 21.7 Å². The molecule has 0 radical (unpaired) electrons. The van der Waals surface area contributed by atoms with Gasteiger partial charge in [0.2, 0.25) is 0 Å². The van der Waals surface area contributed by atoms with Gasteiger partial charge in [-0.2, -0.15) is 0 Å². The molecular formula is C16H28ClOPPd. The fraction of sp³-hybridized carbons (Fsp3) is 0.625. The molecule has 20 heavy (non-hydrogen) atoms. The van der Waals surface area contributed by atoms with Gasteiger partial charge in [0.1, 0.15) is 5.75 Å². The minimum atomic E-state index is -0.289. The van der Waals surface area contributed by atoms with Crippen molar-refractivity contribution in [3.63, 3.8) is 0 Å². The topological polar surface area (TPSA) is 9.23 Å². The maximum atomic E-state index is 5.53. The van der Waals surface area contributed by atoms with Crippen LogP contribution >= 0.6 is 17.5 Å². The Morgan fingerprint density at radius 3 is 1.75 bits per heavy atom. The molecule has 0 aliphatic heterocycles. The summed E-state index contributed by atoms with van der Waals surface area (Å²) in [7, 11) is 6.52. The first-order chi connectivity index (χ1) is 9.09. The number of ether oxygens (including phenoxy) is 1. The first kappa shape index (κ1) is 20.4. The van der Waals surface area contributed by atoms with E-state index in [4.69, 9.17) is 14.3 Å². The van der Waals surface area contributed by atoms with Gasteiger partial charge in [-0.3, -0.25) is 0 Å². The Hall–Kier alpha value is 0.402. The van der Waals surface area contributed by atoms with E-state index in [0.29, 0.717) is 17.0 Å². The average Bonchev–Trinajstić information content (AvgIpc) is 2.27. The third-order valence-electron chi connectivity index (χ3n) is 2.67. The molecule has 0 heterocycles. The monoisotopic (exact) mass is 408 g/mol. The van der Waals surface area contributed by atoms with Crippen LogP contribution in [0.3, 0.4) is 0 Å². The molecule has 4 heteroatoms. The van der Waals surface area contributed by atoms with Gasteiger partial charge in [-0.1, -0.05) is 67.7 Å². The van der Waals surface area contributed by atoms with Crippen molar-refractivity contribution in [2.75, 3.05) is 7.11 Å². The van der Waals surface area contributed by atoms with Crippen LogP contribution < -0.4 is 10.0 Å². The summed E-state index contributed by atoms with van der Waals surface area (Å²) in [5.41, 5.74) is 0. The second kappa shape index (κ2) is 8.75. The molecule has 0 spiro atoms. The van der Waals surface area contributed by atoms with Gasteiger partial charge in [0, 0.05) is 5.30 Å². The summed E-state index contributed by atoms with van der Waals surface area (Å²) in [6.45, 7) is 14.0. The van der Waals surface area contributed by atoms with Crippen LogP contribution in [0.4, 0.5) is 0 Å². The van der Waals surface area contributed by atoms with Crippen LogP contribution in [0.5, 0.6) is 5.75 Å². The molecular weight excluding hydrogens is 381 g/mol.